The molecule has 1 saturated heterocycles. The molecule has 0 bridgehead atoms. The molecule has 0 amide bonds. The van der Waals surface area contributed by atoms with E-state index in [0.29, 0.717) is 31.7 Å². The van der Waals surface area contributed by atoms with Gasteiger partial charge >= 0.3 is 5.97 Å². The molecule has 1 aliphatic rings. The van der Waals surface area contributed by atoms with Crippen LogP contribution in [-0.4, -0.2) is 30.8 Å². The van der Waals surface area contributed by atoms with E-state index in [-0.39, 0.29) is 17.9 Å². The van der Waals surface area contributed by atoms with Gasteiger partial charge in [-0.05, 0) is 38.1 Å². The quantitative estimate of drug-likeness (QED) is 0.862. The summed E-state index contributed by atoms with van der Waals surface area (Å²) in [5, 5.41) is 3.22. The summed E-state index contributed by atoms with van der Waals surface area (Å²) in [6.45, 7) is 4.54. The Labute approximate surface area is 118 Å². The SMILES string of the molecule is CCOC(=O)C1(Nc2ccc(F)cc2)CCOC(C)C1. The summed E-state index contributed by atoms with van der Waals surface area (Å²) in [5.41, 5.74) is -0.0977. The monoisotopic (exact) mass is 281 g/mol. The molecule has 1 aromatic rings. The molecule has 1 N–H and O–H groups in total. The zero-order valence-corrected chi connectivity index (χ0v) is 11.8. The third kappa shape index (κ3) is 3.28. The van der Waals surface area contributed by atoms with Gasteiger partial charge in [0.2, 0.25) is 0 Å². The van der Waals surface area contributed by atoms with E-state index >= 15 is 0 Å². The first-order valence-corrected chi connectivity index (χ1v) is 6.88. The van der Waals surface area contributed by atoms with Crippen molar-refractivity contribution in [3.8, 4) is 0 Å². The second kappa shape index (κ2) is 6.22. The van der Waals surface area contributed by atoms with Crippen molar-refractivity contribution in [3.63, 3.8) is 0 Å². The Hall–Kier alpha value is -1.62. The molecule has 1 fully saturated rings. The first-order chi connectivity index (χ1) is 9.55. The van der Waals surface area contributed by atoms with Gasteiger partial charge in [-0.3, -0.25) is 0 Å². The highest BCUT2D eigenvalue weighted by molar-refractivity contribution is 5.84. The van der Waals surface area contributed by atoms with E-state index in [1.807, 2.05) is 6.92 Å². The van der Waals surface area contributed by atoms with E-state index in [9.17, 15) is 9.18 Å². The van der Waals surface area contributed by atoms with Gasteiger partial charge in [-0.15, -0.1) is 0 Å². The van der Waals surface area contributed by atoms with E-state index in [1.165, 1.54) is 12.1 Å². The Kier molecular flexibility index (Phi) is 4.60. The molecule has 1 aliphatic heterocycles. The highest BCUT2D eigenvalue weighted by atomic mass is 19.1. The van der Waals surface area contributed by atoms with E-state index < -0.39 is 5.54 Å². The van der Waals surface area contributed by atoms with Crippen LogP contribution >= 0.6 is 0 Å². The molecule has 0 aromatic heterocycles. The lowest BCUT2D eigenvalue weighted by Gasteiger charge is -2.39. The molecule has 0 saturated carbocycles. The molecule has 1 heterocycles. The van der Waals surface area contributed by atoms with Gasteiger partial charge in [0.15, 0.2) is 0 Å². The fourth-order valence-electron chi connectivity index (χ4n) is 2.51. The number of benzene rings is 1. The summed E-state index contributed by atoms with van der Waals surface area (Å²) < 4.78 is 23.7. The van der Waals surface area contributed by atoms with Gasteiger partial charge in [0, 0.05) is 25.1 Å². The predicted molar refractivity (Wildman–Crippen MR) is 74.0 cm³/mol. The Morgan fingerprint density at radius 3 is 2.80 bits per heavy atom. The van der Waals surface area contributed by atoms with Crippen LogP contribution in [0.5, 0.6) is 0 Å². The van der Waals surface area contributed by atoms with Crippen LogP contribution in [0, 0.1) is 5.82 Å². The minimum absolute atomic E-state index is 0.0268. The molecular weight excluding hydrogens is 261 g/mol. The summed E-state index contributed by atoms with van der Waals surface area (Å²) in [6.07, 6.45) is 1.04. The zero-order valence-electron chi connectivity index (χ0n) is 11.8. The summed E-state index contributed by atoms with van der Waals surface area (Å²) in [4.78, 5) is 12.3. The zero-order chi connectivity index (χ0) is 14.6. The summed E-state index contributed by atoms with van der Waals surface area (Å²) in [6, 6.07) is 5.97. The molecule has 0 spiro atoms. The third-order valence-electron chi connectivity index (χ3n) is 3.46. The number of anilines is 1. The number of ether oxygens (including phenoxy) is 2. The van der Waals surface area contributed by atoms with E-state index in [4.69, 9.17) is 9.47 Å². The number of hydrogen-bond donors (Lipinski definition) is 1. The molecule has 1 aromatic carbocycles. The van der Waals surface area contributed by atoms with Crippen LogP contribution in [0.2, 0.25) is 0 Å². The maximum atomic E-state index is 13.0. The lowest BCUT2D eigenvalue weighted by atomic mass is 9.86. The van der Waals surface area contributed by atoms with Gasteiger partial charge in [-0.2, -0.15) is 0 Å². The Bertz CT molecular complexity index is 463. The number of carbonyl (C=O) groups is 1. The molecule has 2 rings (SSSR count). The van der Waals surface area contributed by atoms with Crippen LogP contribution in [0.1, 0.15) is 26.7 Å². The molecule has 0 radical (unpaired) electrons. The maximum Gasteiger partial charge on any atom is 0.331 e. The minimum Gasteiger partial charge on any atom is -0.464 e. The number of nitrogens with one attached hydrogen (secondary N) is 1. The summed E-state index contributed by atoms with van der Waals surface area (Å²) in [7, 11) is 0. The number of carbonyl (C=O) groups excluding carboxylic acids is 1. The smallest absolute Gasteiger partial charge is 0.331 e. The van der Waals surface area contributed by atoms with Crippen molar-refractivity contribution in [2.45, 2.75) is 38.3 Å². The van der Waals surface area contributed by atoms with Crippen molar-refractivity contribution >= 4 is 11.7 Å². The fraction of sp³-hybridized carbons (Fsp3) is 0.533. The lowest BCUT2D eigenvalue weighted by molar-refractivity contribution is -0.153. The molecule has 20 heavy (non-hydrogen) atoms. The van der Waals surface area contributed by atoms with Gasteiger partial charge in [-0.25, -0.2) is 9.18 Å². The molecule has 2 unspecified atom stereocenters. The standard InChI is InChI=1S/C15H20FNO3/c1-3-19-14(18)15(8-9-20-11(2)10-15)17-13-6-4-12(16)5-7-13/h4-7,11,17H,3,8-10H2,1-2H3. The number of rotatable bonds is 4. The highest BCUT2D eigenvalue weighted by Gasteiger charge is 2.43. The van der Waals surface area contributed by atoms with Crippen LogP contribution < -0.4 is 5.32 Å². The second-order valence-electron chi connectivity index (χ2n) is 5.07. The molecule has 110 valence electrons. The third-order valence-corrected chi connectivity index (χ3v) is 3.46. The van der Waals surface area contributed by atoms with Crippen molar-refractivity contribution in [1.29, 1.82) is 0 Å². The van der Waals surface area contributed by atoms with E-state index in [0.717, 1.165) is 0 Å². The first kappa shape index (κ1) is 14.8. The first-order valence-electron chi connectivity index (χ1n) is 6.88. The average molecular weight is 281 g/mol. The summed E-state index contributed by atoms with van der Waals surface area (Å²) >= 11 is 0. The molecule has 5 heteroatoms. The minimum atomic E-state index is -0.800. The number of halogens is 1. The Morgan fingerprint density at radius 2 is 2.20 bits per heavy atom. The molecule has 2 atom stereocenters. The van der Waals surface area contributed by atoms with E-state index in [1.54, 1.807) is 19.1 Å². The Balaban J connectivity index is 2.21. The topological polar surface area (TPSA) is 47.6 Å². The van der Waals surface area contributed by atoms with Crippen LogP contribution in [0.25, 0.3) is 0 Å². The van der Waals surface area contributed by atoms with Crippen molar-refractivity contribution in [2.75, 3.05) is 18.5 Å². The van der Waals surface area contributed by atoms with Crippen molar-refractivity contribution in [1.82, 2.24) is 0 Å². The Morgan fingerprint density at radius 1 is 1.50 bits per heavy atom. The van der Waals surface area contributed by atoms with Gasteiger partial charge in [0.1, 0.15) is 11.4 Å². The van der Waals surface area contributed by atoms with Crippen molar-refractivity contribution in [3.05, 3.63) is 30.1 Å². The largest absolute Gasteiger partial charge is 0.464 e. The van der Waals surface area contributed by atoms with Crippen molar-refractivity contribution < 1.29 is 18.7 Å². The van der Waals surface area contributed by atoms with Crippen LogP contribution in [-0.2, 0) is 14.3 Å². The highest BCUT2D eigenvalue weighted by Crippen LogP contribution is 2.30. The number of hydrogen-bond acceptors (Lipinski definition) is 4. The lowest BCUT2D eigenvalue weighted by Crippen LogP contribution is -2.53. The summed E-state index contributed by atoms with van der Waals surface area (Å²) in [5.74, 6) is -0.583. The van der Waals surface area contributed by atoms with Gasteiger partial charge in [-0.1, -0.05) is 0 Å². The second-order valence-corrected chi connectivity index (χ2v) is 5.07. The average Bonchev–Trinajstić information content (AvgIpc) is 2.42. The van der Waals surface area contributed by atoms with Crippen LogP contribution in [0.4, 0.5) is 10.1 Å². The van der Waals surface area contributed by atoms with Crippen LogP contribution in [0.3, 0.4) is 0 Å². The fourth-order valence-corrected chi connectivity index (χ4v) is 2.51. The van der Waals surface area contributed by atoms with E-state index in [2.05, 4.69) is 5.32 Å². The van der Waals surface area contributed by atoms with Gasteiger partial charge < -0.3 is 14.8 Å². The van der Waals surface area contributed by atoms with Gasteiger partial charge in [0.05, 0.1) is 12.7 Å². The predicted octanol–water partition coefficient (Wildman–Crippen LogP) is 2.74. The van der Waals surface area contributed by atoms with Gasteiger partial charge in [0.25, 0.3) is 0 Å². The van der Waals surface area contributed by atoms with Crippen molar-refractivity contribution in [2.24, 2.45) is 0 Å². The maximum absolute atomic E-state index is 13.0. The molecule has 4 nitrogen and oxygen atoms in total. The normalized spacial score (nSPS) is 26.1. The number of esters is 1. The van der Waals surface area contributed by atoms with Crippen LogP contribution in [0.15, 0.2) is 24.3 Å². The molecule has 0 aliphatic carbocycles. The molecular formula is C15H20FNO3.